The molecule has 114 valence electrons. The summed E-state index contributed by atoms with van der Waals surface area (Å²) >= 11 is 0. The van der Waals surface area contributed by atoms with E-state index in [2.05, 4.69) is 4.72 Å². The molecule has 0 amide bonds. The predicted octanol–water partition coefficient (Wildman–Crippen LogP) is 3.30. The van der Waals surface area contributed by atoms with Crippen molar-refractivity contribution in [3.8, 4) is 6.07 Å². The van der Waals surface area contributed by atoms with E-state index in [-0.39, 0.29) is 10.9 Å². The summed E-state index contributed by atoms with van der Waals surface area (Å²) in [6, 6.07) is 15.4. The van der Waals surface area contributed by atoms with E-state index >= 15 is 0 Å². The third-order valence-corrected chi connectivity index (χ3v) is 4.97. The van der Waals surface area contributed by atoms with Crippen LogP contribution < -0.4 is 4.72 Å². The third kappa shape index (κ3) is 3.73. The Balaban J connectivity index is 2.25. The molecule has 0 heterocycles. The van der Waals surface area contributed by atoms with Gasteiger partial charge in [0.1, 0.15) is 0 Å². The molecule has 0 aliphatic rings. The summed E-state index contributed by atoms with van der Waals surface area (Å²) in [7, 11) is -3.61. The molecular weight excluding hydrogens is 296 g/mol. The Morgan fingerprint density at radius 3 is 2.18 bits per heavy atom. The molecule has 0 aliphatic heterocycles. The lowest BCUT2D eigenvalue weighted by molar-refractivity contribution is 0.550. The van der Waals surface area contributed by atoms with Crippen molar-refractivity contribution in [2.75, 3.05) is 0 Å². The van der Waals surface area contributed by atoms with Crippen molar-refractivity contribution in [2.45, 2.75) is 31.2 Å². The number of hydrogen-bond acceptors (Lipinski definition) is 3. The zero-order valence-corrected chi connectivity index (χ0v) is 13.4. The number of nitrogens with one attached hydrogen (secondary N) is 1. The smallest absolute Gasteiger partial charge is 0.207 e. The van der Waals surface area contributed by atoms with Gasteiger partial charge in [-0.15, -0.1) is 0 Å². The number of nitrogens with zero attached hydrogens (tertiary/aromatic N) is 1. The molecule has 22 heavy (non-hydrogen) atoms. The van der Waals surface area contributed by atoms with Gasteiger partial charge in [-0.05, 0) is 43.2 Å². The van der Waals surface area contributed by atoms with Gasteiger partial charge in [-0.2, -0.15) is 5.26 Å². The summed E-state index contributed by atoms with van der Waals surface area (Å²) in [6.07, 6.45) is 0.651. The molecule has 2 aromatic rings. The monoisotopic (exact) mass is 314 g/mol. The molecular formula is C17H18N2O2S. The first-order chi connectivity index (χ1) is 10.5. The van der Waals surface area contributed by atoms with Crippen LogP contribution in [-0.2, 0) is 10.0 Å². The Bertz CT molecular complexity index is 773. The van der Waals surface area contributed by atoms with Gasteiger partial charge in [-0.1, -0.05) is 36.8 Å². The lowest BCUT2D eigenvalue weighted by Crippen LogP contribution is -2.28. The average molecular weight is 314 g/mol. The van der Waals surface area contributed by atoms with E-state index in [1.54, 1.807) is 0 Å². The fourth-order valence-corrected chi connectivity index (χ4v) is 3.46. The summed E-state index contributed by atoms with van der Waals surface area (Å²) in [6.45, 7) is 3.93. The molecule has 0 spiro atoms. The van der Waals surface area contributed by atoms with E-state index in [4.69, 9.17) is 5.26 Å². The normalized spacial score (nSPS) is 12.6. The minimum atomic E-state index is -3.61. The molecule has 2 rings (SSSR count). The van der Waals surface area contributed by atoms with Crippen molar-refractivity contribution in [1.29, 1.82) is 5.26 Å². The van der Waals surface area contributed by atoms with Crippen LogP contribution >= 0.6 is 0 Å². The van der Waals surface area contributed by atoms with Crippen LogP contribution in [0.2, 0.25) is 0 Å². The molecule has 0 bridgehead atoms. The predicted molar refractivity (Wildman–Crippen MR) is 85.7 cm³/mol. The lowest BCUT2D eigenvalue weighted by Gasteiger charge is -2.18. The number of hydrogen-bond donors (Lipinski definition) is 1. The third-order valence-electron chi connectivity index (χ3n) is 3.48. The van der Waals surface area contributed by atoms with Crippen molar-refractivity contribution >= 4 is 10.0 Å². The van der Waals surface area contributed by atoms with Crippen molar-refractivity contribution in [3.63, 3.8) is 0 Å². The Morgan fingerprint density at radius 2 is 1.68 bits per heavy atom. The van der Waals surface area contributed by atoms with Crippen LogP contribution in [0.5, 0.6) is 0 Å². The first-order valence-electron chi connectivity index (χ1n) is 7.05. The van der Waals surface area contributed by atoms with Crippen LogP contribution in [-0.4, -0.2) is 8.42 Å². The van der Waals surface area contributed by atoms with Gasteiger partial charge in [0.05, 0.1) is 16.5 Å². The molecule has 5 heteroatoms. The van der Waals surface area contributed by atoms with Crippen LogP contribution in [0.1, 0.15) is 36.1 Å². The van der Waals surface area contributed by atoms with Crippen LogP contribution in [0.4, 0.5) is 0 Å². The molecule has 0 aromatic heterocycles. The van der Waals surface area contributed by atoms with E-state index < -0.39 is 10.0 Å². The summed E-state index contributed by atoms with van der Waals surface area (Å²) in [5, 5.41) is 8.77. The van der Waals surface area contributed by atoms with E-state index in [0.717, 1.165) is 11.1 Å². The summed E-state index contributed by atoms with van der Waals surface area (Å²) in [5.41, 5.74) is 2.50. The van der Waals surface area contributed by atoms with Gasteiger partial charge in [-0.25, -0.2) is 13.1 Å². The highest BCUT2D eigenvalue weighted by molar-refractivity contribution is 7.89. The quantitative estimate of drug-likeness (QED) is 0.920. The topological polar surface area (TPSA) is 70.0 Å². The number of benzene rings is 2. The molecule has 0 aliphatic carbocycles. The summed E-state index contributed by atoms with van der Waals surface area (Å²) < 4.78 is 27.6. The van der Waals surface area contributed by atoms with Gasteiger partial charge in [0.2, 0.25) is 10.0 Å². The molecule has 0 fully saturated rings. The molecule has 0 saturated heterocycles. The highest BCUT2D eigenvalue weighted by atomic mass is 32.2. The lowest BCUT2D eigenvalue weighted by atomic mass is 10.0. The van der Waals surface area contributed by atoms with E-state index in [0.29, 0.717) is 12.0 Å². The molecule has 4 nitrogen and oxygen atoms in total. The second-order valence-electron chi connectivity index (χ2n) is 5.13. The maximum atomic E-state index is 12.4. The Labute approximate surface area is 131 Å². The zero-order valence-electron chi connectivity index (χ0n) is 12.6. The van der Waals surface area contributed by atoms with E-state index in [1.807, 2.05) is 44.2 Å². The van der Waals surface area contributed by atoms with Gasteiger partial charge in [0.15, 0.2) is 0 Å². The zero-order chi connectivity index (χ0) is 16.2. The molecule has 0 radical (unpaired) electrons. The molecule has 2 aromatic carbocycles. The summed E-state index contributed by atoms with van der Waals surface area (Å²) in [4.78, 5) is 0.164. The number of aryl methyl sites for hydroxylation is 1. The Kier molecular flexibility index (Phi) is 4.96. The maximum absolute atomic E-state index is 12.4. The molecule has 1 N–H and O–H groups in total. The van der Waals surface area contributed by atoms with Gasteiger partial charge < -0.3 is 0 Å². The highest BCUT2D eigenvalue weighted by Gasteiger charge is 2.20. The van der Waals surface area contributed by atoms with E-state index in [1.165, 1.54) is 24.3 Å². The minimum Gasteiger partial charge on any atom is -0.207 e. The Morgan fingerprint density at radius 1 is 1.09 bits per heavy atom. The first-order valence-corrected chi connectivity index (χ1v) is 8.53. The van der Waals surface area contributed by atoms with Gasteiger partial charge in [-0.3, -0.25) is 0 Å². The van der Waals surface area contributed by atoms with Crippen molar-refractivity contribution in [2.24, 2.45) is 0 Å². The fraction of sp³-hybridized carbons (Fsp3) is 0.235. The standard InChI is InChI=1S/C17H18N2O2S/c1-3-17(15-8-4-13(2)5-9-15)19-22(20,21)16-10-6-14(12-18)7-11-16/h4-11,17,19H,3H2,1-2H3/t17-/m0/s1. The summed E-state index contributed by atoms with van der Waals surface area (Å²) in [5.74, 6) is 0. The number of nitriles is 1. The van der Waals surface area contributed by atoms with Crippen LogP contribution in [0.3, 0.4) is 0 Å². The number of rotatable bonds is 5. The van der Waals surface area contributed by atoms with Crippen molar-refractivity contribution < 1.29 is 8.42 Å². The van der Waals surface area contributed by atoms with Crippen molar-refractivity contribution in [1.82, 2.24) is 4.72 Å². The largest absolute Gasteiger partial charge is 0.241 e. The second-order valence-corrected chi connectivity index (χ2v) is 6.84. The van der Waals surface area contributed by atoms with Crippen LogP contribution in [0.25, 0.3) is 0 Å². The van der Waals surface area contributed by atoms with Crippen LogP contribution in [0, 0.1) is 18.3 Å². The molecule has 0 saturated carbocycles. The molecule has 1 atom stereocenters. The highest BCUT2D eigenvalue weighted by Crippen LogP contribution is 2.21. The second kappa shape index (κ2) is 6.73. The van der Waals surface area contributed by atoms with Crippen LogP contribution in [0.15, 0.2) is 53.4 Å². The van der Waals surface area contributed by atoms with E-state index in [9.17, 15) is 8.42 Å². The van der Waals surface area contributed by atoms with Gasteiger partial charge >= 0.3 is 0 Å². The average Bonchev–Trinajstić information content (AvgIpc) is 2.53. The van der Waals surface area contributed by atoms with Gasteiger partial charge in [0.25, 0.3) is 0 Å². The first kappa shape index (κ1) is 16.2. The number of sulfonamides is 1. The SMILES string of the molecule is CC[C@H](NS(=O)(=O)c1ccc(C#N)cc1)c1ccc(C)cc1. The molecule has 0 unspecified atom stereocenters. The Hall–Kier alpha value is -2.16. The van der Waals surface area contributed by atoms with Gasteiger partial charge in [0, 0.05) is 6.04 Å². The maximum Gasteiger partial charge on any atom is 0.241 e. The minimum absolute atomic E-state index is 0.164. The van der Waals surface area contributed by atoms with Crippen molar-refractivity contribution in [3.05, 3.63) is 65.2 Å². The fourth-order valence-electron chi connectivity index (χ4n) is 2.15.